The zero-order valence-corrected chi connectivity index (χ0v) is 12.7. The Morgan fingerprint density at radius 3 is 2.24 bits per heavy atom. The second-order valence-corrected chi connectivity index (χ2v) is 10.9. The van der Waals surface area contributed by atoms with Crippen molar-refractivity contribution in [2.75, 3.05) is 0 Å². The largest absolute Gasteiger partial charge is 0.458 e. The third-order valence-electron chi connectivity index (χ3n) is 3.57. The standard InChI is InChI=1S/C13H24O3Si/c1-10(14)15-11-7-8-12(9-11)16-17(5,6)13(2,3)4/h7-8,11-12H,9H2,1-6H3/t11-,12-/m1/s1. The van der Waals surface area contributed by atoms with E-state index in [1.165, 1.54) is 6.92 Å². The van der Waals surface area contributed by atoms with E-state index in [9.17, 15) is 4.79 Å². The Hall–Kier alpha value is -0.613. The van der Waals surface area contributed by atoms with Gasteiger partial charge in [0.25, 0.3) is 0 Å². The summed E-state index contributed by atoms with van der Waals surface area (Å²) < 4.78 is 11.4. The van der Waals surface area contributed by atoms with Crippen LogP contribution in [0.3, 0.4) is 0 Å². The van der Waals surface area contributed by atoms with Gasteiger partial charge >= 0.3 is 5.97 Å². The van der Waals surface area contributed by atoms with Gasteiger partial charge in [-0.15, -0.1) is 0 Å². The third kappa shape index (κ3) is 3.96. The van der Waals surface area contributed by atoms with Crippen molar-refractivity contribution < 1.29 is 14.0 Å². The maximum absolute atomic E-state index is 10.9. The van der Waals surface area contributed by atoms with Crippen LogP contribution in [-0.4, -0.2) is 26.5 Å². The Kier molecular flexibility index (Phi) is 4.20. The average molecular weight is 256 g/mol. The van der Waals surface area contributed by atoms with Gasteiger partial charge in [-0.2, -0.15) is 0 Å². The van der Waals surface area contributed by atoms with Crippen molar-refractivity contribution in [2.24, 2.45) is 0 Å². The minimum Gasteiger partial charge on any atom is -0.458 e. The first-order chi connectivity index (χ1) is 7.62. The summed E-state index contributed by atoms with van der Waals surface area (Å²) in [6, 6.07) is 0. The highest BCUT2D eigenvalue weighted by Crippen LogP contribution is 2.38. The molecule has 0 aliphatic heterocycles. The highest BCUT2D eigenvalue weighted by Gasteiger charge is 2.39. The molecule has 1 rings (SSSR count). The van der Waals surface area contributed by atoms with Crippen molar-refractivity contribution in [3.8, 4) is 0 Å². The molecule has 17 heavy (non-hydrogen) atoms. The quantitative estimate of drug-likeness (QED) is 0.442. The minimum atomic E-state index is -1.73. The van der Waals surface area contributed by atoms with Crippen molar-refractivity contribution in [2.45, 2.75) is 64.5 Å². The van der Waals surface area contributed by atoms with Crippen LogP contribution in [0.25, 0.3) is 0 Å². The summed E-state index contributed by atoms with van der Waals surface area (Å²) in [4.78, 5) is 10.9. The van der Waals surface area contributed by atoms with Crippen molar-refractivity contribution >= 4 is 14.3 Å². The summed E-state index contributed by atoms with van der Waals surface area (Å²) in [5.74, 6) is -0.229. The van der Waals surface area contributed by atoms with Crippen molar-refractivity contribution in [1.82, 2.24) is 0 Å². The molecule has 0 heterocycles. The zero-order valence-electron chi connectivity index (χ0n) is 11.7. The SMILES string of the molecule is CC(=O)O[C@@H]1C=C[C@@H](O[Si](C)(C)C(C)(C)C)C1. The van der Waals surface area contributed by atoms with E-state index < -0.39 is 8.32 Å². The first kappa shape index (κ1) is 14.4. The van der Waals surface area contributed by atoms with Gasteiger partial charge in [-0.25, -0.2) is 0 Å². The predicted molar refractivity (Wildman–Crippen MR) is 71.4 cm³/mol. The van der Waals surface area contributed by atoms with Gasteiger partial charge in [-0.3, -0.25) is 4.79 Å². The molecule has 0 aromatic carbocycles. The molecule has 0 bridgehead atoms. The third-order valence-corrected chi connectivity index (χ3v) is 8.08. The number of carbonyl (C=O) groups is 1. The average Bonchev–Trinajstić information content (AvgIpc) is 2.48. The van der Waals surface area contributed by atoms with E-state index in [1.54, 1.807) is 0 Å². The van der Waals surface area contributed by atoms with Gasteiger partial charge in [0.15, 0.2) is 8.32 Å². The van der Waals surface area contributed by atoms with Crippen LogP contribution in [-0.2, 0) is 14.0 Å². The highest BCUT2D eigenvalue weighted by molar-refractivity contribution is 6.74. The second-order valence-electron chi connectivity index (χ2n) is 6.19. The van der Waals surface area contributed by atoms with E-state index in [4.69, 9.17) is 9.16 Å². The van der Waals surface area contributed by atoms with Crippen molar-refractivity contribution in [3.05, 3.63) is 12.2 Å². The highest BCUT2D eigenvalue weighted by atomic mass is 28.4. The summed E-state index contributed by atoms with van der Waals surface area (Å²) in [5, 5.41) is 0.209. The van der Waals surface area contributed by atoms with Crippen LogP contribution in [0.1, 0.15) is 34.1 Å². The van der Waals surface area contributed by atoms with Crippen LogP contribution in [0.2, 0.25) is 18.1 Å². The maximum atomic E-state index is 10.9. The molecule has 3 nitrogen and oxygen atoms in total. The molecule has 0 radical (unpaired) electrons. The lowest BCUT2D eigenvalue weighted by Gasteiger charge is -2.38. The number of ether oxygens (including phenoxy) is 1. The van der Waals surface area contributed by atoms with Gasteiger partial charge in [0.05, 0.1) is 6.10 Å². The lowest BCUT2D eigenvalue weighted by Crippen LogP contribution is -2.43. The molecule has 0 fully saturated rings. The monoisotopic (exact) mass is 256 g/mol. The zero-order chi connectivity index (χ0) is 13.3. The maximum Gasteiger partial charge on any atom is 0.303 e. The van der Waals surface area contributed by atoms with E-state index in [1.807, 2.05) is 12.2 Å². The lowest BCUT2D eigenvalue weighted by atomic mass is 10.2. The number of hydrogen-bond donors (Lipinski definition) is 0. The first-order valence-electron chi connectivity index (χ1n) is 6.15. The van der Waals surface area contributed by atoms with E-state index in [2.05, 4.69) is 33.9 Å². The Morgan fingerprint density at radius 1 is 1.24 bits per heavy atom. The second kappa shape index (κ2) is 4.94. The van der Waals surface area contributed by atoms with Crippen LogP contribution in [0.4, 0.5) is 0 Å². The summed E-state index contributed by atoms with van der Waals surface area (Å²) in [5.41, 5.74) is 0. The summed E-state index contributed by atoms with van der Waals surface area (Å²) in [6.07, 6.45) is 4.70. The molecular weight excluding hydrogens is 232 g/mol. The van der Waals surface area contributed by atoms with E-state index in [-0.39, 0.29) is 23.2 Å². The van der Waals surface area contributed by atoms with Crippen molar-refractivity contribution in [1.29, 1.82) is 0 Å². The van der Waals surface area contributed by atoms with Gasteiger partial charge in [-0.1, -0.05) is 26.8 Å². The Balaban J connectivity index is 2.52. The van der Waals surface area contributed by atoms with Crippen LogP contribution >= 0.6 is 0 Å². The summed E-state index contributed by atoms with van der Waals surface area (Å²) in [6.45, 7) is 12.6. The molecule has 1 aliphatic rings. The van der Waals surface area contributed by atoms with E-state index >= 15 is 0 Å². The smallest absolute Gasteiger partial charge is 0.303 e. The molecule has 0 aromatic heterocycles. The lowest BCUT2D eigenvalue weighted by molar-refractivity contribution is -0.144. The van der Waals surface area contributed by atoms with Gasteiger partial charge in [0.1, 0.15) is 6.10 Å². The fraction of sp³-hybridized carbons (Fsp3) is 0.769. The molecule has 2 atom stereocenters. The summed E-state index contributed by atoms with van der Waals surface area (Å²) in [7, 11) is -1.73. The van der Waals surface area contributed by atoms with E-state index in [0.717, 1.165) is 6.42 Å². The molecule has 98 valence electrons. The van der Waals surface area contributed by atoms with Crippen molar-refractivity contribution in [3.63, 3.8) is 0 Å². The molecule has 0 aromatic rings. The van der Waals surface area contributed by atoms with Crippen LogP contribution < -0.4 is 0 Å². The molecule has 0 N–H and O–H groups in total. The molecular formula is C13H24O3Si. The Labute approximate surface area is 105 Å². The van der Waals surface area contributed by atoms with Gasteiger partial charge < -0.3 is 9.16 Å². The molecule has 0 saturated heterocycles. The molecule has 0 unspecified atom stereocenters. The molecule has 0 spiro atoms. The fourth-order valence-corrected chi connectivity index (χ4v) is 2.86. The fourth-order valence-electron chi connectivity index (χ4n) is 1.58. The van der Waals surface area contributed by atoms with Gasteiger partial charge in [0, 0.05) is 13.3 Å². The first-order valence-corrected chi connectivity index (χ1v) is 9.06. The molecule has 1 aliphatic carbocycles. The minimum absolute atomic E-state index is 0.0974. The molecule has 0 saturated carbocycles. The van der Waals surface area contributed by atoms with Crippen LogP contribution in [0.15, 0.2) is 12.2 Å². The van der Waals surface area contributed by atoms with Crippen LogP contribution in [0.5, 0.6) is 0 Å². The van der Waals surface area contributed by atoms with Crippen LogP contribution in [0, 0.1) is 0 Å². The number of carbonyl (C=O) groups excluding carboxylic acids is 1. The molecule has 0 amide bonds. The Morgan fingerprint density at radius 2 is 1.76 bits per heavy atom. The Bertz CT molecular complexity index is 315. The predicted octanol–water partition coefficient (Wildman–Crippen LogP) is 3.27. The van der Waals surface area contributed by atoms with E-state index in [0.29, 0.717) is 0 Å². The number of esters is 1. The number of rotatable bonds is 3. The normalized spacial score (nSPS) is 25.1. The number of hydrogen-bond acceptors (Lipinski definition) is 3. The summed E-state index contributed by atoms with van der Waals surface area (Å²) >= 11 is 0. The van der Waals surface area contributed by atoms with Gasteiger partial charge in [0.2, 0.25) is 0 Å². The topological polar surface area (TPSA) is 35.5 Å². The molecule has 4 heteroatoms. The van der Waals surface area contributed by atoms with Gasteiger partial charge in [-0.05, 0) is 24.2 Å².